The first kappa shape index (κ1) is 18.5. The molecule has 0 radical (unpaired) electrons. The van der Waals surface area contributed by atoms with E-state index >= 15 is 0 Å². The molecular formula is C18H18FNO5S. The number of hydrogen-bond acceptors (Lipinski definition) is 5. The summed E-state index contributed by atoms with van der Waals surface area (Å²) in [5.41, 5.74) is -0.888. The number of rotatable bonds is 3. The van der Waals surface area contributed by atoms with Crippen molar-refractivity contribution in [2.24, 2.45) is 0 Å². The predicted octanol–water partition coefficient (Wildman–Crippen LogP) is 1.54. The number of amides is 1. The Labute approximate surface area is 152 Å². The van der Waals surface area contributed by atoms with Crippen LogP contribution in [0.15, 0.2) is 45.9 Å². The number of Topliss-reactive ketones (excluding diaryl/α,β-unsaturated/α-hetero) is 1. The van der Waals surface area contributed by atoms with Crippen LogP contribution in [0.2, 0.25) is 0 Å². The summed E-state index contributed by atoms with van der Waals surface area (Å²) in [5, 5.41) is 13.3. The summed E-state index contributed by atoms with van der Waals surface area (Å²) < 4.78 is 31.4. The Morgan fingerprint density at radius 1 is 1.27 bits per heavy atom. The standard InChI is InChI=1S/C18H18FNO5S/c1-9(21)13-8-12-15(26(13)24)14(16(22)18(2,3)25-12)20-17(23)10-4-6-11(19)7-5-10/h4-8,14,16,22H,1-3H3,(H,20,23). The van der Waals surface area contributed by atoms with Gasteiger partial charge in [0.1, 0.15) is 23.3 Å². The highest BCUT2D eigenvalue weighted by Gasteiger charge is 2.49. The lowest BCUT2D eigenvalue weighted by molar-refractivity contribution is -0.113. The number of halogens is 1. The van der Waals surface area contributed by atoms with Crippen molar-refractivity contribution in [3.05, 3.63) is 57.3 Å². The zero-order valence-corrected chi connectivity index (χ0v) is 15.2. The van der Waals surface area contributed by atoms with Crippen molar-refractivity contribution in [1.29, 1.82) is 0 Å². The lowest BCUT2D eigenvalue weighted by Crippen LogP contribution is -2.57. The van der Waals surface area contributed by atoms with Crippen molar-refractivity contribution >= 4 is 22.5 Å². The zero-order valence-electron chi connectivity index (χ0n) is 14.4. The Bertz CT molecular complexity index is 872. The van der Waals surface area contributed by atoms with Crippen LogP contribution >= 0.6 is 0 Å². The lowest BCUT2D eigenvalue weighted by atomic mass is 9.91. The molecular weight excluding hydrogens is 361 g/mol. The van der Waals surface area contributed by atoms with Crippen LogP contribution in [0.25, 0.3) is 0 Å². The van der Waals surface area contributed by atoms with Crippen LogP contribution in [0.3, 0.4) is 0 Å². The van der Waals surface area contributed by atoms with E-state index in [-0.39, 0.29) is 26.9 Å². The lowest BCUT2D eigenvalue weighted by Gasteiger charge is -2.41. The molecule has 2 aliphatic rings. The Balaban J connectivity index is 1.95. The second-order valence-electron chi connectivity index (χ2n) is 6.67. The van der Waals surface area contributed by atoms with Gasteiger partial charge < -0.3 is 15.2 Å². The van der Waals surface area contributed by atoms with Gasteiger partial charge in [-0.25, -0.2) is 8.60 Å². The molecule has 1 aromatic carbocycles. The maximum Gasteiger partial charge on any atom is 0.251 e. The van der Waals surface area contributed by atoms with Gasteiger partial charge in [-0.05, 0) is 45.0 Å². The molecule has 0 bridgehead atoms. The van der Waals surface area contributed by atoms with Gasteiger partial charge in [-0.3, -0.25) is 9.59 Å². The van der Waals surface area contributed by atoms with Gasteiger partial charge in [0.05, 0.1) is 26.7 Å². The van der Waals surface area contributed by atoms with Gasteiger partial charge in [-0.1, -0.05) is 0 Å². The molecule has 0 saturated heterocycles. The van der Waals surface area contributed by atoms with Crippen LogP contribution < -0.4 is 5.32 Å². The first-order valence-corrected chi connectivity index (χ1v) is 9.09. The number of ketones is 1. The highest BCUT2D eigenvalue weighted by Crippen LogP contribution is 2.40. The molecule has 2 aliphatic heterocycles. The second-order valence-corrected chi connectivity index (χ2v) is 8.09. The van der Waals surface area contributed by atoms with Crippen LogP contribution in [0.1, 0.15) is 31.1 Å². The van der Waals surface area contributed by atoms with Gasteiger partial charge in [-0.2, -0.15) is 0 Å². The molecule has 1 amide bonds. The van der Waals surface area contributed by atoms with E-state index in [9.17, 15) is 23.3 Å². The third kappa shape index (κ3) is 3.10. The minimum atomic E-state index is -1.84. The molecule has 3 rings (SSSR count). The number of benzene rings is 1. The van der Waals surface area contributed by atoms with E-state index in [4.69, 9.17) is 4.74 Å². The number of nitrogens with one attached hydrogen (secondary N) is 1. The van der Waals surface area contributed by atoms with Crippen molar-refractivity contribution in [3.63, 3.8) is 0 Å². The highest BCUT2D eigenvalue weighted by atomic mass is 32.2. The predicted molar refractivity (Wildman–Crippen MR) is 92.8 cm³/mol. The largest absolute Gasteiger partial charge is 0.484 e. The summed E-state index contributed by atoms with van der Waals surface area (Å²) >= 11 is 0. The minimum absolute atomic E-state index is 0.0564. The van der Waals surface area contributed by atoms with Gasteiger partial charge in [-0.15, -0.1) is 0 Å². The van der Waals surface area contributed by atoms with Crippen LogP contribution in [0.4, 0.5) is 4.39 Å². The van der Waals surface area contributed by atoms with Crippen LogP contribution in [-0.2, 0) is 20.3 Å². The SMILES string of the molecule is CC(=O)C1=CC2=C(C(NC(=O)c3ccc(F)cc3)C(O)C(C)(C)O2)S1=O. The molecule has 1 aromatic rings. The number of allylic oxidation sites excluding steroid dienone is 2. The quantitative estimate of drug-likeness (QED) is 0.831. The third-order valence-electron chi connectivity index (χ3n) is 4.33. The van der Waals surface area contributed by atoms with Crippen molar-refractivity contribution in [1.82, 2.24) is 5.32 Å². The molecule has 0 saturated carbocycles. The Morgan fingerprint density at radius 2 is 1.88 bits per heavy atom. The summed E-state index contributed by atoms with van der Waals surface area (Å²) in [7, 11) is -1.84. The van der Waals surface area contributed by atoms with Crippen LogP contribution in [-0.4, -0.2) is 38.8 Å². The zero-order chi connectivity index (χ0) is 19.2. The monoisotopic (exact) mass is 379 g/mol. The maximum absolute atomic E-state index is 13.0. The molecule has 0 spiro atoms. The molecule has 138 valence electrons. The summed E-state index contributed by atoms with van der Waals surface area (Å²) in [6.45, 7) is 4.54. The number of aliphatic hydroxyl groups excluding tert-OH is 1. The first-order valence-electron chi connectivity index (χ1n) is 7.94. The summed E-state index contributed by atoms with van der Waals surface area (Å²) in [6, 6.07) is 3.89. The van der Waals surface area contributed by atoms with Gasteiger partial charge >= 0.3 is 0 Å². The Kier molecular flexibility index (Phi) is 4.58. The summed E-state index contributed by atoms with van der Waals surface area (Å²) in [4.78, 5) is 24.4. The fourth-order valence-corrected chi connectivity index (χ4v) is 4.31. The Morgan fingerprint density at radius 3 is 2.46 bits per heavy atom. The van der Waals surface area contributed by atoms with E-state index in [1.165, 1.54) is 25.1 Å². The molecule has 0 aromatic heterocycles. The van der Waals surface area contributed by atoms with Crippen molar-refractivity contribution in [2.75, 3.05) is 0 Å². The van der Waals surface area contributed by atoms with Crippen molar-refractivity contribution in [3.8, 4) is 0 Å². The van der Waals surface area contributed by atoms with E-state index in [1.807, 2.05) is 0 Å². The van der Waals surface area contributed by atoms with Gasteiger partial charge in [0.2, 0.25) is 0 Å². The minimum Gasteiger partial charge on any atom is -0.484 e. The van der Waals surface area contributed by atoms with E-state index in [0.29, 0.717) is 0 Å². The fraction of sp³-hybridized carbons (Fsp3) is 0.333. The van der Waals surface area contributed by atoms with E-state index in [1.54, 1.807) is 13.8 Å². The van der Waals surface area contributed by atoms with E-state index < -0.39 is 40.3 Å². The first-order chi connectivity index (χ1) is 12.1. The number of carbonyl (C=O) groups is 2. The summed E-state index contributed by atoms with van der Waals surface area (Å²) in [6.07, 6.45) is 0.188. The normalized spacial score (nSPS) is 26.7. The van der Waals surface area contributed by atoms with Crippen LogP contribution in [0.5, 0.6) is 0 Å². The number of carbonyl (C=O) groups excluding carboxylic acids is 2. The van der Waals surface area contributed by atoms with Crippen LogP contribution in [0, 0.1) is 5.82 Å². The fourth-order valence-electron chi connectivity index (χ4n) is 2.89. The average molecular weight is 379 g/mol. The van der Waals surface area contributed by atoms with Gasteiger partial charge in [0.25, 0.3) is 5.91 Å². The summed E-state index contributed by atoms with van der Waals surface area (Å²) in [5.74, 6) is -1.21. The molecule has 2 heterocycles. The van der Waals surface area contributed by atoms with E-state index in [2.05, 4.69) is 5.32 Å². The maximum atomic E-state index is 13.0. The average Bonchev–Trinajstić information content (AvgIpc) is 2.88. The molecule has 2 N–H and O–H groups in total. The number of ether oxygens (including phenoxy) is 1. The number of aliphatic hydroxyl groups is 1. The topological polar surface area (TPSA) is 92.7 Å². The highest BCUT2D eigenvalue weighted by molar-refractivity contribution is 7.94. The molecule has 26 heavy (non-hydrogen) atoms. The smallest absolute Gasteiger partial charge is 0.251 e. The Hall–Kier alpha value is -2.32. The van der Waals surface area contributed by atoms with Gasteiger partial charge in [0, 0.05) is 11.6 Å². The van der Waals surface area contributed by atoms with Gasteiger partial charge in [0.15, 0.2) is 5.78 Å². The molecule has 3 atom stereocenters. The van der Waals surface area contributed by atoms with Crippen molar-refractivity contribution < 1.29 is 28.0 Å². The van der Waals surface area contributed by atoms with Crippen molar-refractivity contribution in [2.45, 2.75) is 38.5 Å². The molecule has 8 heteroatoms. The van der Waals surface area contributed by atoms with E-state index in [0.717, 1.165) is 12.1 Å². The molecule has 3 unspecified atom stereocenters. The third-order valence-corrected chi connectivity index (χ3v) is 5.99. The number of hydrogen-bond donors (Lipinski definition) is 2. The molecule has 6 nitrogen and oxygen atoms in total. The second kappa shape index (κ2) is 6.44. The molecule has 0 fully saturated rings. The molecule has 0 aliphatic carbocycles.